The second kappa shape index (κ2) is 10.8. The van der Waals surface area contributed by atoms with Crippen molar-refractivity contribution in [3.05, 3.63) is 70.8 Å². The third-order valence-electron chi connectivity index (χ3n) is 6.48. The van der Waals surface area contributed by atoms with Gasteiger partial charge in [-0.25, -0.2) is 0 Å². The Balaban J connectivity index is 1.88. The smallest absolute Gasteiger partial charge is 0.128 e. The Labute approximate surface area is 202 Å². The summed E-state index contributed by atoms with van der Waals surface area (Å²) in [7, 11) is 0. The Kier molecular flexibility index (Phi) is 7.86. The van der Waals surface area contributed by atoms with Crippen molar-refractivity contribution in [3.63, 3.8) is 0 Å². The van der Waals surface area contributed by atoms with E-state index >= 15 is 0 Å². The summed E-state index contributed by atoms with van der Waals surface area (Å²) in [6.07, 6.45) is 9.24. The third-order valence-corrected chi connectivity index (χ3v) is 7.24. The van der Waals surface area contributed by atoms with E-state index in [1.54, 1.807) is 0 Å². The number of halogens is 2. The van der Waals surface area contributed by atoms with E-state index < -0.39 is 0 Å². The van der Waals surface area contributed by atoms with Gasteiger partial charge in [0.2, 0.25) is 0 Å². The minimum Gasteiger partial charge on any atom is -0.489 e. The molecule has 2 aromatic carbocycles. The fourth-order valence-electron chi connectivity index (χ4n) is 4.84. The molecule has 0 saturated carbocycles. The van der Waals surface area contributed by atoms with Crippen LogP contribution >= 0.6 is 23.2 Å². The average Bonchev–Trinajstić information content (AvgIpc) is 2.85. The second-order valence-electron chi connectivity index (χ2n) is 8.91. The molecule has 0 fully saturated rings. The SMILES string of the molecule is C=C(CCl)COc1ccc2c(c1-c1c(OCC(=C)CCl)ccc3c1CCCC3)CCCC2. The van der Waals surface area contributed by atoms with E-state index in [0.29, 0.717) is 25.0 Å². The van der Waals surface area contributed by atoms with E-state index in [1.165, 1.54) is 59.1 Å². The number of hydrogen-bond donors (Lipinski definition) is 0. The van der Waals surface area contributed by atoms with Crippen molar-refractivity contribution < 1.29 is 9.47 Å². The normalized spacial score (nSPS) is 14.9. The number of ether oxygens (including phenoxy) is 2. The third kappa shape index (κ3) is 5.02. The van der Waals surface area contributed by atoms with Crippen LogP contribution in [0.1, 0.15) is 47.9 Å². The monoisotopic (exact) mass is 470 g/mol. The molecule has 0 saturated heterocycles. The number of aryl methyl sites for hydroxylation is 2. The highest BCUT2D eigenvalue weighted by molar-refractivity contribution is 6.19. The topological polar surface area (TPSA) is 18.5 Å². The molecular weight excluding hydrogens is 439 g/mol. The Hall–Kier alpha value is -1.90. The van der Waals surface area contributed by atoms with E-state index in [1.807, 2.05) is 0 Å². The van der Waals surface area contributed by atoms with Gasteiger partial charge in [-0.3, -0.25) is 0 Å². The zero-order valence-electron chi connectivity index (χ0n) is 18.8. The van der Waals surface area contributed by atoms with Gasteiger partial charge in [0.15, 0.2) is 0 Å². The predicted octanol–water partition coefficient (Wildman–Crippen LogP) is 7.46. The Bertz CT molecular complexity index is 927. The summed E-state index contributed by atoms with van der Waals surface area (Å²) < 4.78 is 12.6. The standard InChI is InChI=1S/C28H32Cl2O2/c1-19(15-29)17-31-25-13-11-21-7-3-5-9-23(21)27(25)28-24-10-6-4-8-22(24)12-14-26(28)32-18-20(2)16-30/h11-14H,1-10,15-18H2. The van der Waals surface area contributed by atoms with Gasteiger partial charge in [-0.2, -0.15) is 0 Å². The van der Waals surface area contributed by atoms with Crippen LogP contribution in [-0.4, -0.2) is 25.0 Å². The van der Waals surface area contributed by atoms with Crippen LogP contribution in [0, 0.1) is 0 Å². The molecule has 0 aromatic heterocycles. The van der Waals surface area contributed by atoms with Crippen molar-refractivity contribution in [2.75, 3.05) is 25.0 Å². The van der Waals surface area contributed by atoms with Crippen LogP contribution in [0.4, 0.5) is 0 Å². The maximum Gasteiger partial charge on any atom is 0.128 e. The molecule has 0 N–H and O–H groups in total. The van der Waals surface area contributed by atoms with Gasteiger partial charge in [0.1, 0.15) is 24.7 Å². The van der Waals surface area contributed by atoms with Crippen LogP contribution < -0.4 is 9.47 Å². The van der Waals surface area contributed by atoms with Gasteiger partial charge in [0.05, 0.1) is 0 Å². The zero-order chi connectivity index (χ0) is 22.5. The highest BCUT2D eigenvalue weighted by Crippen LogP contribution is 2.47. The average molecular weight is 471 g/mol. The summed E-state index contributed by atoms with van der Waals surface area (Å²) in [5.74, 6) is 2.60. The molecule has 4 heteroatoms. The minimum absolute atomic E-state index is 0.399. The summed E-state index contributed by atoms with van der Waals surface area (Å²) in [4.78, 5) is 0. The molecule has 0 radical (unpaired) electrons. The van der Waals surface area contributed by atoms with E-state index in [0.717, 1.165) is 48.3 Å². The summed E-state index contributed by atoms with van der Waals surface area (Å²) >= 11 is 12.0. The summed E-state index contributed by atoms with van der Waals surface area (Å²) in [5, 5.41) is 0. The van der Waals surface area contributed by atoms with Crippen molar-refractivity contribution in [2.45, 2.75) is 51.4 Å². The fraction of sp³-hybridized carbons (Fsp3) is 0.429. The summed E-state index contributed by atoms with van der Waals surface area (Å²) in [5.41, 5.74) is 9.83. The van der Waals surface area contributed by atoms with Crippen LogP contribution in [-0.2, 0) is 25.7 Å². The number of benzene rings is 2. The first-order valence-corrected chi connectivity index (χ1v) is 12.7. The van der Waals surface area contributed by atoms with Crippen LogP contribution in [0.15, 0.2) is 48.6 Å². The molecule has 2 aliphatic carbocycles. The Morgan fingerprint density at radius 1 is 0.656 bits per heavy atom. The quantitative estimate of drug-likeness (QED) is 0.279. The molecule has 0 heterocycles. The lowest BCUT2D eigenvalue weighted by atomic mass is 9.80. The van der Waals surface area contributed by atoms with Gasteiger partial charge >= 0.3 is 0 Å². The van der Waals surface area contributed by atoms with Crippen LogP contribution in [0.3, 0.4) is 0 Å². The number of alkyl halides is 2. The molecule has 0 spiro atoms. The van der Waals surface area contributed by atoms with Crippen LogP contribution in [0.2, 0.25) is 0 Å². The van der Waals surface area contributed by atoms with Crippen molar-refractivity contribution in [3.8, 4) is 22.6 Å². The lowest BCUT2D eigenvalue weighted by Gasteiger charge is -2.28. The van der Waals surface area contributed by atoms with Gasteiger partial charge < -0.3 is 9.47 Å². The number of rotatable bonds is 9. The summed E-state index contributed by atoms with van der Waals surface area (Å²) in [6, 6.07) is 8.74. The fourth-order valence-corrected chi connectivity index (χ4v) is 4.99. The van der Waals surface area contributed by atoms with E-state index in [2.05, 4.69) is 37.4 Å². The number of hydrogen-bond acceptors (Lipinski definition) is 2. The molecule has 0 unspecified atom stereocenters. The van der Waals surface area contributed by atoms with Crippen molar-refractivity contribution in [1.82, 2.24) is 0 Å². The molecule has 4 rings (SSSR count). The predicted molar refractivity (Wildman–Crippen MR) is 136 cm³/mol. The molecule has 2 nitrogen and oxygen atoms in total. The van der Waals surface area contributed by atoms with Crippen molar-refractivity contribution in [2.24, 2.45) is 0 Å². The molecular formula is C28H32Cl2O2. The van der Waals surface area contributed by atoms with E-state index in [4.69, 9.17) is 32.7 Å². The van der Waals surface area contributed by atoms with Gasteiger partial charge in [-0.05, 0) is 96.9 Å². The summed E-state index contributed by atoms with van der Waals surface area (Å²) in [6.45, 7) is 8.88. The molecule has 170 valence electrons. The zero-order valence-corrected chi connectivity index (χ0v) is 20.3. The van der Waals surface area contributed by atoms with E-state index in [9.17, 15) is 0 Å². The second-order valence-corrected chi connectivity index (χ2v) is 9.45. The Morgan fingerprint density at radius 3 is 1.47 bits per heavy atom. The van der Waals surface area contributed by atoms with Crippen LogP contribution in [0.25, 0.3) is 11.1 Å². The van der Waals surface area contributed by atoms with Crippen LogP contribution in [0.5, 0.6) is 11.5 Å². The van der Waals surface area contributed by atoms with E-state index in [-0.39, 0.29) is 0 Å². The van der Waals surface area contributed by atoms with Crippen molar-refractivity contribution in [1.29, 1.82) is 0 Å². The molecule has 2 aromatic rings. The molecule has 0 amide bonds. The molecule has 0 atom stereocenters. The van der Waals surface area contributed by atoms with Gasteiger partial charge in [0, 0.05) is 22.9 Å². The maximum absolute atomic E-state index is 6.32. The first kappa shape index (κ1) is 23.3. The first-order chi connectivity index (χ1) is 15.6. The largest absolute Gasteiger partial charge is 0.489 e. The minimum atomic E-state index is 0.399. The lowest BCUT2D eigenvalue weighted by Crippen LogP contribution is -2.13. The maximum atomic E-state index is 6.32. The van der Waals surface area contributed by atoms with Crippen molar-refractivity contribution >= 4 is 23.2 Å². The highest BCUT2D eigenvalue weighted by Gasteiger charge is 2.26. The molecule has 0 bridgehead atoms. The molecule has 0 aliphatic heterocycles. The first-order valence-electron chi connectivity index (χ1n) is 11.6. The van der Waals surface area contributed by atoms with Gasteiger partial charge in [-0.15, -0.1) is 23.2 Å². The number of fused-ring (bicyclic) bond motifs is 2. The lowest BCUT2D eigenvalue weighted by molar-refractivity contribution is 0.348. The Morgan fingerprint density at radius 2 is 1.06 bits per heavy atom. The molecule has 2 aliphatic rings. The molecule has 32 heavy (non-hydrogen) atoms. The van der Waals surface area contributed by atoms with Gasteiger partial charge in [-0.1, -0.05) is 25.3 Å². The van der Waals surface area contributed by atoms with Gasteiger partial charge in [0.25, 0.3) is 0 Å². The highest BCUT2D eigenvalue weighted by atomic mass is 35.5.